The Morgan fingerprint density at radius 2 is 1.81 bits per heavy atom. The summed E-state index contributed by atoms with van der Waals surface area (Å²) in [4.78, 5) is 9.11. The van der Waals surface area contributed by atoms with Gasteiger partial charge in [-0.2, -0.15) is 9.61 Å². The maximum atomic E-state index is 4.86. The molecule has 0 fully saturated rings. The highest BCUT2D eigenvalue weighted by molar-refractivity contribution is 5.79. The van der Waals surface area contributed by atoms with Gasteiger partial charge < -0.3 is 0 Å². The molecule has 4 heterocycles. The molecule has 0 amide bonds. The number of nitrogens with zero attached hydrogens (tertiary/aromatic N) is 6. The van der Waals surface area contributed by atoms with Crippen molar-refractivity contribution in [2.45, 2.75) is 19.3 Å². The highest BCUT2D eigenvalue weighted by atomic mass is 15.4. The van der Waals surface area contributed by atoms with Crippen LogP contribution >= 0.6 is 0 Å². The smallest absolute Gasteiger partial charge is 0.177 e. The lowest BCUT2D eigenvalue weighted by molar-refractivity contribution is 0.841. The fourth-order valence-electron chi connectivity index (χ4n) is 4.09. The first-order valence-electron chi connectivity index (χ1n) is 10.7. The molecule has 0 N–H and O–H groups in total. The molecule has 1 aromatic carbocycles. The fraction of sp³-hybridized carbons (Fsp3) is 0.115. The molecule has 4 aromatic heterocycles. The highest BCUT2D eigenvalue weighted by Gasteiger charge is 2.12. The second-order valence-electron chi connectivity index (χ2n) is 7.91. The monoisotopic (exact) mass is 416 g/mol. The van der Waals surface area contributed by atoms with Gasteiger partial charge in [0.2, 0.25) is 0 Å². The minimum atomic E-state index is 0.641. The van der Waals surface area contributed by atoms with Crippen molar-refractivity contribution in [1.82, 2.24) is 29.8 Å². The van der Waals surface area contributed by atoms with Crippen molar-refractivity contribution < 1.29 is 0 Å². The molecule has 6 heteroatoms. The minimum absolute atomic E-state index is 0.641. The second kappa shape index (κ2) is 7.81. The average Bonchev–Trinajstić information content (AvgIpc) is 3.21. The molecule has 6 nitrogen and oxygen atoms in total. The zero-order valence-corrected chi connectivity index (χ0v) is 17.4. The van der Waals surface area contributed by atoms with Gasteiger partial charge in [0, 0.05) is 41.9 Å². The molecule has 0 saturated carbocycles. The van der Waals surface area contributed by atoms with Crippen LogP contribution in [-0.2, 0) is 19.3 Å². The molecule has 1 aliphatic carbocycles. The SMILES string of the molecule is C1=C\Cc2cc(-c3ccc4nnc(Cc5ccc6ncccc6c5)n4n3)cnc2C\C=C/1. The standard InChI is InChI=1S/C26H20N6/c1-2-4-8-22-20(6-3-1)16-21(17-28-22)24-11-12-25-29-30-26(32(25)31-24)15-18-9-10-23-19(14-18)7-5-13-27-23/h1-5,7,9-14,16-17H,6,8,15H2/b3-1-,4-2-. The summed E-state index contributed by atoms with van der Waals surface area (Å²) in [6.07, 6.45) is 14.5. The molecule has 32 heavy (non-hydrogen) atoms. The number of allylic oxidation sites excluding steroid dienone is 4. The molecule has 0 radical (unpaired) electrons. The van der Waals surface area contributed by atoms with Crippen molar-refractivity contribution in [2.24, 2.45) is 0 Å². The minimum Gasteiger partial charge on any atom is -0.260 e. The fourth-order valence-corrected chi connectivity index (χ4v) is 4.09. The van der Waals surface area contributed by atoms with E-state index in [9.17, 15) is 0 Å². The van der Waals surface area contributed by atoms with Gasteiger partial charge in [-0.1, -0.05) is 36.4 Å². The summed E-state index contributed by atoms with van der Waals surface area (Å²) in [6.45, 7) is 0. The van der Waals surface area contributed by atoms with E-state index in [4.69, 9.17) is 10.1 Å². The number of aromatic nitrogens is 6. The summed E-state index contributed by atoms with van der Waals surface area (Å²) >= 11 is 0. The Labute approximate surface area is 185 Å². The van der Waals surface area contributed by atoms with Crippen LogP contribution in [0.3, 0.4) is 0 Å². The molecule has 6 rings (SSSR count). The van der Waals surface area contributed by atoms with E-state index in [1.54, 1.807) is 0 Å². The first-order chi connectivity index (χ1) is 15.8. The maximum absolute atomic E-state index is 4.86. The van der Waals surface area contributed by atoms with Crippen molar-refractivity contribution in [3.63, 3.8) is 0 Å². The van der Waals surface area contributed by atoms with Gasteiger partial charge in [0.1, 0.15) is 0 Å². The summed E-state index contributed by atoms with van der Waals surface area (Å²) in [5.41, 5.74) is 7.08. The molecule has 0 saturated heterocycles. The normalized spacial score (nSPS) is 15.2. The van der Waals surface area contributed by atoms with Crippen molar-refractivity contribution >= 4 is 16.6 Å². The number of fused-ring (bicyclic) bond motifs is 3. The van der Waals surface area contributed by atoms with E-state index in [1.807, 2.05) is 41.2 Å². The lowest BCUT2D eigenvalue weighted by Gasteiger charge is -2.10. The summed E-state index contributed by atoms with van der Waals surface area (Å²) in [7, 11) is 0. The summed E-state index contributed by atoms with van der Waals surface area (Å²) < 4.78 is 1.84. The van der Waals surface area contributed by atoms with Crippen molar-refractivity contribution in [3.8, 4) is 11.3 Å². The Morgan fingerprint density at radius 3 is 2.78 bits per heavy atom. The van der Waals surface area contributed by atoms with Gasteiger partial charge >= 0.3 is 0 Å². The van der Waals surface area contributed by atoms with Crippen molar-refractivity contribution in [2.75, 3.05) is 0 Å². The third kappa shape index (κ3) is 3.46. The first-order valence-corrected chi connectivity index (χ1v) is 10.7. The average molecular weight is 416 g/mol. The molecule has 5 aromatic rings. The van der Waals surface area contributed by atoms with E-state index in [-0.39, 0.29) is 0 Å². The van der Waals surface area contributed by atoms with Gasteiger partial charge in [-0.3, -0.25) is 9.97 Å². The Hall–Kier alpha value is -4.19. The van der Waals surface area contributed by atoms with Crippen molar-refractivity contribution in [1.29, 1.82) is 0 Å². The number of rotatable bonds is 3. The van der Waals surface area contributed by atoms with Gasteiger partial charge in [-0.15, -0.1) is 10.2 Å². The van der Waals surface area contributed by atoms with Gasteiger partial charge in [0.15, 0.2) is 11.5 Å². The van der Waals surface area contributed by atoms with E-state index in [0.29, 0.717) is 6.42 Å². The zero-order valence-electron chi connectivity index (χ0n) is 17.4. The second-order valence-corrected chi connectivity index (χ2v) is 7.91. The molecule has 0 unspecified atom stereocenters. The Balaban J connectivity index is 1.36. The van der Waals surface area contributed by atoms with Gasteiger partial charge in [-0.05, 0) is 53.9 Å². The molecule has 0 aliphatic heterocycles. The van der Waals surface area contributed by atoms with Gasteiger partial charge in [-0.25, -0.2) is 0 Å². The summed E-state index contributed by atoms with van der Waals surface area (Å²) in [5, 5.41) is 14.7. The number of benzene rings is 1. The van der Waals surface area contributed by atoms with Crippen LogP contribution in [0.25, 0.3) is 27.8 Å². The Kier molecular flexibility index (Phi) is 4.53. The lowest BCUT2D eigenvalue weighted by Crippen LogP contribution is -2.03. The van der Waals surface area contributed by atoms with Crippen LogP contribution in [-0.4, -0.2) is 29.8 Å². The van der Waals surface area contributed by atoms with E-state index in [0.717, 1.165) is 57.7 Å². The predicted octanol–water partition coefficient (Wildman–Crippen LogP) is 4.54. The highest BCUT2D eigenvalue weighted by Crippen LogP contribution is 2.22. The number of hydrogen-bond donors (Lipinski definition) is 0. The molecular formula is C26H20N6. The van der Waals surface area contributed by atoms with E-state index >= 15 is 0 Å². The van der Waals surface area contributed by atoms with Crippen LogP contribution in [0.1, 0.15) is 22.6 Å². The lowest BCUT2D eigenvalue weighted by atomic mass is 10.0. The Morgan fingerprint density at radius 1 is 0.875 bits per heavy atom. The van der Waals surface area contributed by atoms with Crippen LogP contribution < -0.4 is 0 Å². The summed E-state index contributed by atoms with van der Waals surface area (Å²) in [6, 6.07) is 16.4. The van der Waals surface area contributed by atoms with E-state index in [2.05, 4.69) is 63.8 Å². The third-order valence-corrected chi connectivity index (χ3v) is 5.74. The molecule has 154 valence electrons. The molecule has 0 bridgehead atoms. The molecular weight excluding hydrogens is 396 g/mol. The quantitative estimate of drug-likeness (QED) is 0.432. The van der Waals surface area contributed by atoms with Gasteiger partial charge in [0.05, 0.1) is 11.2 Å². The van der Waals surface area contributed by atoms with Crippen LogP contribution in [0.4, 0.5) is 0 Å². The largest absolute Gasteiger partial charge is 0.260 e. The Bertz CT molecular complexity index is 1510. The third-order valence-electron chi connectivity index (χ3n) is 5.74. The number of hydrogen-bond acceptors (Lipinski definition) is 5. The molecule has 0 atom stereocenters. The number of pyridine rings is 2. The van der Waals surface area contributed by atoms with Crippen molar-refractivity contribution in [3.05, 3.63) is 108 Å². The maximum Gasteiger partial charge on any atom is 0.177 e. The van der Waals surface area contributed by atoms with Crippen LogP contribution in [0, 0.1) is 0 Å². The topological polar surface area (TPSA) is 68.9 Å². The van der Waals surface area contributed by atoms with E-state index in [1.165, 1.54) is 5.56 Å². The zero-order chi connectivity index (χ0) is 21.3. The van der Waals surface area contributed by atoms with E-state index < -0.39 is 0 Å². The van der Waals surface area contributed by atoms with Gasteiger partial charge in [0.25, 0.3) is 0 Å². The predicted molar refractivity (Wildman–Crippen MR) is 124 cm³/mol. The van der Waals surface area contributed by atoms with Crippen LogP contribution in [0.15, 0.2) is 85.2 Å². The summed E-state index contributed by atoms with van der Waals surface area (Å²) in [5.74, 6) is 0.803. The first kappa shape index (κ1) is 18.6. The molecule has 1 aliphatic rings. The van der Waals surface area contributed by atoms with Crippen LogP contribution in [0.2, 0.25) is 0 Å². The molecule has 0 spiro atoms. The van der Waals surface area contributed by atoms with Crippen LogP contribution in [0.5, 0.6) is 0 Å².